The summed E-state index contributed by atoms with van der Waals surface area (Å²) in [7, 11) is -3.32. The molecule has 0 aromatic heterocycles. The van der Waals surface area contributed by atoms with E-state index >= 15 is 0 Å². The van der Waals surface area contributed by atoms with E-state index in [2.05, 4.69) is 4.90 Å². The largest absolute Gasteiger partial charge is 0.302 e. The molecule has 1 aliphatic heterocycles. The van der Waals surface area contributed by atoms with Gasteiger partial charge in [-0.05, 0) is 31.7 Å². The standard InChI is InChI=1S/C11H22N2O2S/c12-16(14,15)11-6-7-13(9-11)8-10-4-2-1-3-5-10/h10-11H,1-9H2,(H2,12,14,15). The molecule has 0 aromatic carbocycles. The van der Waals surface area contributed by atoms with Gasteiger partial charge < -0.3 is 4.90 Å². The zero-order chi connectivity index (χ0) is 11.6. The molecule has 2 fully saturated rings. The number of rotatable bonds is 3. The maximum atomic E-state index is 11.2. The van der Waals surface area contributed by atoms with Crippen LogP contribution in [0.25, 0.3) is 0 Å². The lowest BCUT2D eigenvalue weighted by Gasteiger charge is -2.26. The molecular weight excluding hydrogens is 224 g/mol. The summed E-state index contributed by atoms with van der Waals surface area (Å²) in [5, 5.41) is 4.86. The van der Waals surface area contributed by atoms with Gasteiger partial charge in [-0.15, -0.1) is 0 Å². The minimum Gasteiger partial charge on any atom is -0.302 e. The second-order valence-corrected chi connectivity index (χ2v) is 7.11. The molecule has 1 saturated carbocycles. The summed E-state index contributed by atoms with van der Waals surface area (Å²) in [4.78, 5) is 2.28. The fourth-order valence-corrected chi connectivity index (χ4v) is 3.82. The molecule has 5 heteroatoms. The van der Waals surface area contributed by atoms with Crippen LogP contribution in [0, 0.1) is 5.92 Å². The van der Waals surface area contributed by atoms with Crippen molar-refractivity contribution in [3.8, 4) is 0 Å². The number of sulfonamides is 1. The highest BCUT2D eigenvalue weighted by molar-refractivity contribution is 7.89. The molecule has 1 atom stereocenters. The number of likely N-dealkylation sites (tertiary alicyclic amines) is 1. The first-order valence-electron chi connectivity index (χ1n) is 6.29. The van der Waals surface area contributed by atoms with Crippen LogP contribution in [0.4, 0.5) is 0 Å². The average molecular weight is 246 g/mol. The van der Waals surface area contributed by atoms with E-state index in [-0.39, 0.29) is 5.25 Å². The third kappa shape index (κ3) is 3.18. The summed E-state index contributed by atoms with van der Waals surface area (Å²) < 4.78 is 22.4. The maximum Gasteiger partial charge on any atom is 0.213 e. The van der Waals surface area contributed by atoms with Gasteiger partial charge in [-0.3, -0.25) is 0 Å². The van der Waals surface area contributed by atoms with Crippen molar-refractivity contribution in [3.63, 3.8) is 0 Å². The number of primary sulfonamides is 1. The molecule has 0 spiro atoms. The summed E-state index contributed by atoms with van der Waals surface area (Å²) in [5.41, 5.74) is 0. The van der Waals surface area contributed by atoms with Gasteiger partial charge in [-0.1, -0.05) is 19.3 Å². The molecule has 1 heterocycles. The fourth-order valence-electron chi connectivity index (χ4n) is 2.97. The van der Waals surface area contributed by atoms with E-state index in [1.165, 1.54) is 32.1 Å². The molecule has 1 saturated heterocycles. The van der Waals surface area contributed by atoms with E-state index in [1.54, 1.807) is 0 Å². The second kappa shape index (κ2) is 5.02. The molecule has 2 N–H and O–H groups in total. The lowest BCUT2D eigenvalue weighted by molar-refractivity contribution is 0.234. The first-order chi connectivity index (χ1) is 7.55. The molecule has 94 valence electrons. The van der Waals surface area contributed by atoms with Gasteiger partial charge in [0, 0.05) is 13.1 Å². The Labute approximate surface area is 98.2 Å². The van der Waals surface area contributed by atoms with Gasteiger partial charge >= 0.3 is 0 Å². The SMILES string of the molecule is NS(=O)(=O)C1CCN(CC2CCCCC2)C1. The Kier molecular flexibility index (Phi) is 3.87. The predicted molar refractivity (Wildman–Crippen MR) is 64.5 cm³/mol. The van der Waals surface area contributed by atoms with Gasteiger partial charge in [-0.25, -0.2) is 13.6 Å². The van der Waals surface area contributed by atoms with E-state index in [0.29, 0.717) is 13.0 Å². The molecule has 1 unspecified atom stereocenters. The quantitative estimate of drug-likeness (QED) is 0.805. The van der Waals surface area contributed by atoms with E-state index in [9.17, 15) is 8.42 Å². The normalized spacial score (nSPS) is 29.7. The van der Waals surface area contributed by atoms with Crippen LogP contribution in [0.1, 0.15) is 38.5 Å². The maximum absolute atomic E-state index is 11.2. The van der Waals surface area contributed by atoms with Crippen molar-refractivity contribution in [2.24, 2.45) is 11.1 Å². The van der Waals surface area contributed by atoms with E-state index in [0.717, 1.165) is 19.0 Å². The molecule has 0 aromatic rings. The second-order valence-electron chi connectivity index (χ2n) is 5.26. The molecular formula is C11H22N2O2S. The van der Waals surface area contributed by atoms with Crippen molar-refractivity contribution < 1.29 is 8.42 Å². The van der Waals surface area contributed by atoms with Crippen molar-refractivity contribution in [2.75, 3.05) is 19.6 Å². The van der Waals surface area contributed by atoms with E-state index < -0.39 is 10.0 Å². The van der Waals surface area contributed by atoms with Gasteiger partial charge in [0.2, 0.25) is 10.0 Å². The molecule has 4 nitrogen and oxygen atoms in total. The van der Waals surface area contributed by atoms with Gasteiger partial charge in [-0.2, -0.15) is 0 Å². The van der Waals surface area contributed by atoms with Crippen LogP contribution < -0.4 is 5.14 Å². The summed E-state index contributed by atoms with van der Waals surface area (Å²) >= 11 is 0. The van der Waals surface area contributed by atoms with Crippen molar-refractivity contribution in [3.05, 3.63) is 0 Å². The van der Waals surface area contributed by atoms with Crippen LogP contribution in [0.15, 0.2) is 0 Å². The highest BCUT2D eigenvalue weighted by atomic mass is 32.2. The van der Waals surface area contributed by atoms with Crippen LogP contribution in [0.2, 0.25) is 0 Å². The molecule has 0 amide bonds. The van der Waals surface area contributed by atoms with Crippen molar-refractivity contribution in [1.29, 1.82) is 0 Å². The topological polar surface area (TPSA) is 63.4 Å². The zero-order valence-electron chi connectivity index (χ0n) is 9.77. The number of nitrogens with two attached hydrogens (primary N) is 1. The van der Waals surface area contributed by atoms with Gasteiger partial charge in [0.25, 0.3) is 0 Å². The van der Waals surface area contributed by atoms with Crippen LogP contribution >= 0.6 is 0 Å². The Bertz CT molecular complexity index is 323. The van der Waals surface area contributed by atoms with Crippen LogP contribution in [0.3, 0.4) is 0 Å². The van der Waals surface area contributed by atoms with Crippen LogP contribution in [-0.2, 0) is 10.0 Å². The van der Waals surface area contributed by atoms with Crippen molar-refractivity contribution in [2.45, 2.75) is 43.8 Å². The number of hydrogen-bond donors (Lipinski definition) is 1. The van der Waals surface area contributed by atoms with Gasteiger partial charge in [0.15, 0.2) is 0 Å². The summed E-state index contributed by atoms with van der Waals surface area (Å²) in [6.45, 7) is 2.62. The van der Waals surface area contributed by atoms with Crippen LogP contribution in [0.5, 0.6) is 0 Å². The first kappa shape index (κ1) is 12.3. The highest BCUT2D eigenvalue weighted by Crippen LogP contribution is 2.26. The lowest BCUT2D eigenvalue weighted by Crippen LogP contribution is -2.34. The monoisotopic (exact) mass is 246 g/mol. The van der Waals surface area contributed by atoms with E-state index in [4.69, 9.17) is 5.14 Å². The average Bonchev–Trinajstić information content (AvgIpc) is 2.67. The lowest BCUT2D eigenvalue weighted by atomic mass is 9.89. The Morgan fingerprint density at radius 3 is 2.38 bits per heavy atom. The minimum absolute atomic E-state index is 0.323. The summed E-state index contributed by atoms with van der Waals surface area (Å²) in [5.74, 6) is 0.785. The zero-order valence-corrected chi connectivity index (χ0v) is 10.6. The van der Waals surface area contributed by atoms with Gasteiger partial charge in [0.05, 0.1) is 5.25 Å². The third-order valence-corrected chi connectivity index (χ3v) is 5.25. The Morgan fingerprint density at radius 2 is 1.81 bits per heavy atom. The first-order valence-corrected chi connectivity index (χ1v) is 7.90. The minimum atomic E-state index is -3.32. The number of hydrogen-bond acceptors (Lipinski definition) is 3. The summed E-state index contributed by atoms with van der Waals surface area (Å²) in [6.07, 6.45) is 7.41. The Morgan fingerprint density at radius 1 is 1.12 bits per heavy atom. The molecule has 0 radical (unpaired) electrons. The summed E-state index contributed by atoms with van der Waals surface area (Å²) in [6, 6.07) is 0. The molecule has 16 heavy (non-hydrogen) atoms. The molecule has 2 aliphatic rings. The Hall–Kier alpha value is -0.130. The molecule has 0 bridgehead atoms. The molecule has 2 rings (SSSR count). The van der Waals surface area contributed by atoms with Crippen molar-refractivity contribution in [1.82, 2.24) is 4.90 Å². The Balaban J connectivity index is 1.80. The third-order valence-electron chi connectivity index (χ3n) is 3.93. The van der Waals surface area contributed by atoms with E-state index in [1.807, 2.05) is 0 Å². The highest BCUT2D eigenvalue weighted by Gasteiger charge is 2.31. The van der Waals surface area contributed by atoms with Gasteiger partial charge in [0.1, 0.15) is 0 Å². The number of nitrogens with zero attached hydrogens (tertiary/aromatic N) is 1. The van der Waals surface area contributed by atoms with Crippen LogP contribution in [-0.4, -0.2) is 38.2 Å². The van der Waals surface area contributed by atoms with Crippen molar-refractivity contribution >= 4 is 10.0 Å². The fraction of sp³-hybridized carbons (Fsp3) is 1.00. The predicted octanol–water partition coefficient (Wildman–Crippen LogP) is 0.929. The smallest absolute Gasteiger partial charge is 0.213 e. The molecule has 1 aliphatic carbocycles.